The van der Waals surface area contributed by atoms with Crippen LogP contribution in [-0.4, -0.2) is 24.9 Å². The largest absolute Gasteiger partial charge is 0.370 e. The van der Waals surface area contributed by atoms with E-state index >= 15 is 0 Å². The Kier molecular flexibility index (Phi) is 4.27. The summed E-state index contributed by atoms with van der Waals surface area (Å²) in [7, 11) is 0. The molecule has 0 bridgehead atoms. The van der Waals surface area contributed by atoms with Crippen molar-refractivity contribution in [1.82, 2.24) is 0 Å². The molecule has 1 fully saturated rings. The minimum Gasteiger partial charge on any atom is -0.370 e. The Balaban J connectivity index is 2.41. The van der Waals surface area contributed by atoms with Gasteiger partial charge in [0, 0.05) is 17.6 Å². The number of carbonyl (C=O) groups excluding carboxylic acids is 2. The molecule has 20 heavy (non-hydrogen) atoms. The highest BCUT2D eigenvalue weighted by Crippen LogP contribution is 2.31. The quantitative estimate of drug-likeness (QED) is 0.868. The minimum atomic E-state index is -0.828. The maximum atomic E-state index is 13.9. The summed E-state index contributed by atoms with van der Waals surface area (Å²) in [6, 6.07) is 2.83. The molecule has 0 saturated carbocycles. The number of rotatable bonds is 3. The summed E-state index contributed by atoms with van der Waals surface area (Å²) in [5, 5.41) is 0. The molecule has 0 aliphatic carbocycles. The Bertz CT molecular complexity index is 565. The minimum absolute atomic E-state index is 0.154. The number of anilines is 1. The second kappa shape index (κ2) is 5.78. The number of piperidine rings is 1. The Morgan fingerprint density at radius 2 is 2.05 bits per heavy atom. The lowest BCUT2D eigenvalue weighted by atomic mass is 9.96. The van der Waals surface area contributed by atoms with Crippen molar-refractivity contribution in [3.63, 3.8) is 0 Å². The zero-order valence-electron chi connectivity index (χ0n) is 10.7. The number of nitrogens with zero attached hydrogens (tertiary/aromatic N) is 1. The van der Waals surface area contributed by atoms with E-state index in [9.17, 15) is 14.0 Å². The van der Waals surface area contributed by atoms with Crippen LogP contribution >= 0.6 is 15.9 Å². The van der Waals surface area contributed by atoms with Crippen molar-refractivity contribution in [3.8, 4) is 0 Å². The van der Waals surface area contributed by atoms with E-state index in [1.54, 1.807) is 11.0 Å². The number of nitrogens with two attached hydrogens (primary N) is 2. The number of carbonyl (C=O) groups is 2. The molecule has 0 spiro atoms. The van der Waals surface area contributed by atoms with Gasteiger partial charge in [0.05, 0.1) is 17.2 Å². The van der Waals surface area contributed by atoms with Crippen molar-refractivity contribution >= 4 is 33.4 Å². The summed E-state index contributed by atoms with van der Waals surface area (Å²) in [5.74, 6) is -2.19. The van der Waals surface area contributed by atoms with Gasteiger partial charge in [-0.25, -0.2) is 4.39 Å². The number of hydrogen-bond acceptors (Lipinski definition) is 3. The van der Waals surface area contributed by atoms with Gasteiger partial charge in [-0.15, -0.1) is 0 Å². The van der Waals surface area contributed by atoms with Gasteiger partial charge >= 0.3 is 0 Å². The van der Waals surface area contributed by atoms with Gasteiger partial charge in [-0.2, -0.15) is 0 Å². The highest BCUT2D eigenvalue weighted by molar-refractivity contribution is 9.10. The van der Waals surface area contributed by atoms with Gasteiger partial charge in [-0.3, -0.25) is 9.59 Å². The molecule has 1 aliphatic rings. The number of amides is 2. The average Bonchev–Trinajstić information content (AvgIpc) is 2.37. The van der Waals surface area contributed by atoms with Crippen LogP contribution in [0.2, 0.25) is 0 Å². The Hall–Kier alpha value is -1.63. The molecule has 1 aliphatic heterocycles. The van der Waals surface area contributed by atoms with Gasteiger partial charge in [-0.1, -0.05) is 15.9 Å². The van der Waals surface area contributed by atoms with Crippen LogP contribution in [0.25, 0.3) is 0 Å². The van der Waals surface area contributed by atoms with E-state index in [0.29, 0.717) is 29.7 Å². The first-order valence-corrected chi connectivity index (χ1v) is 7.02. The molecule has 1 unspecified atom stereocenters. The predicted molar refractivity (Wildman–Crippen MR) is 76.7 cm³/mol. The first kappa shape index (κ1) is 14.8. The van der Waals surface area contributed by atoms with Gasteiger partial charge in [0.15, 0.2) is 0 Å². The zero-order valence-corrected chi connectivity index (χ0v) is 12.3. The van der Waals surface area contributed by atoms with Gasteiger partial charge in [0.25, 0.3) is 5.91 Å². The molecule has 5 nitrogen and oxygen atoms in total. The molecule has 2 amide bonds. The topological polar surface area (TPSA) is 89.4 Å². The van der Waals surface area contributed by atoms with Crippen molar-refractivity contribution in [2.24, 2.45) is 17.4 Å². The lowest BCUT2D eigenvalue weighted by Crippen LogP contribution is -2.42. The van der Waals surface area contributed by atoms with Crippen molar-refractivity contribution in [3.05, 3.63) is 28.0 Å². The van der Waals surface area contributed by atoms with Crippen LogP contribution in [0.15, 0.2) is 16.6 Å². The van der Waals surface area contributed by atoms with Crippen LogP contribution in [0.3, 0.4) is 0 Å². The van der Waals surface area contributed by atoms with Gasteiger partial charge in [0.1, 0.15) is 5.82 Å². The SMILES string of the molecule is NC(=O)c1c(F)cc(Br)cc1N1CCCC(C(N)=O)C1. The van der Waals surface area contributed by atoms with Crippen molar-refractivity contribution in [2.75, 3.05) is 18.0 Å². The first-order chi connectivity index (χ1) is 9.40. The summed E-state index contributed by atoms with van der Waals surface area (Å²) in [6.07, 6.45) is 1.45. The van der Waals surface area contributed by atoms with E-state index in [2.05, 4.69) is 15.9 Å². The fourth-order valence-corrected chi connectivity index (χ4v) is 2.90. The molecule has 1 aromatic carbocycles. The molecule has 1 aromatic rings. The molecule has 1 saturated heterocycles. The zero-order chi connectivity index (χ0) is 14.9. The van der Waals surface area contributed by atoms with Crippen LogP contribution in [-0.2, 0) is 4.79 Å². The fraction of sp³-hybridized carbons (Fsp3) is 0.385. The lowest BCUT2D eigenvalue weighted by molar-refractivity contribution is -0.122. The monoisotopic (exact) mass is 343 g/mol. The normalized spacial score (nSPS) is 18.9. The van der Waals surface area contributed by atoms with E-state index in [-0.39, 0.29) is 17.4 Å². The Labute approximate surface area is 124 Å². The van der Waals surface area contributed by atoms with Crippen molar-refractivity contribution in [1.29, 1.82) is 0 Å². The molecular formula is C13H15BrFN3O2. The van der Waals surface area contributed by atoms with Crippen molar-refractivity contribution < 1.29 is 14.0 Å². The molecule has 108 valence electrons. The first-order valence-electron chi connectivity index (χ1n) is 6.23. The number of hydrogen-bond donors (Lipinski definition) is 2. The molecule has 0 radical (unpaired) electrons. The maximum absolute atomic E-state index is 13.9. The van der Waals surface area contributed by atoms with Crippen LogP contribution in [0, 0.1) is 11.7 Å². The smallest absolute Gasteiger partial charge is 0.253 e. The molecule has 2 rings (SSSR count). The summed E-state index contributed by atoms with van der Waals surface area (Å²) in [6.45, 7) is 0.992. The van der Waals surface area contributed by atoms with E-state index in [1.165, 1.54) is 6.07 Å². The van der Waals surface area contributed by atoms with Gasteiger partial charge in [-0.05, 0) is 25.0 Å². The third kappa shape index (κ3) is 2.92. The average molecular weight is 344 g/mol. The van der Waals surface area contributed by atoms with Gasteiger partial charge in [0.2, 0.25) is 5.91 Å². The molecule has 7 heteroatoms. The summed E-state index contributed by atoms with van der Waals surface area (Å²) in [5.41, 5.74) is 10.8. The van der Waals surface area contributed by atoms with Crippen LogP contribution in [0.1, 0.15) is 23.2 Å². The van der Waals surface area contributed by atoms with Gasteiger partial charge < -0.3 is 16.4 Å². The second-order valence-electron chi connectivity index (χ2n) is 4.83. The third-order valence-electron chi connectivity index (χ3n) is 3.45. The summed E-state index contributed by atoms with van der Waals surface area (Å²) >= 11 is 3.20. The fourth-order valence-electron chi connectivity index (χ4n) is 2.48. The van der Waals surface area contributed by atoms with E-state index in [0.717, 1.165) is 6.42 Å². The maximum Gasteiger partial charge on any atom is 0.253 e. The molecule has 1 atom stereocenters. The highest BCUT2D eigenvalue weighted by Gasteiger charge is 2.27. The third-order valence-corrected chi connectivity index (χ3v) is 3.90. The van der Waals surface area contributed by atoms with Crippen LogP contribution in [0.5, 0.6) is 0 Å². The molecule has 0 aromatic heterocycles. The number of halogens is 2. The number of primary amides is 2. The summed E-state index contributed by atoms with van der Waals surface area (Å²) < 4.78 is 14.4. The van der Waals surface area contributed by atoms with Crippen LogP contribution < -0.4 is 16.4 Å². The molecule has 1 heterocycles. The van der Waals surface area contributed by atoms with E-state index < -0.39 is 11.7 Å². The molecule has 4 N–H and O–H groups in total. The lowest BCUT2D eigenvalue weighted by Gasteiger charge is -2.34. The second-order valence-corrected chi connectivity index (χ2v) is 5.75. The van der Waals surface area contributed by atoms with Crippen LogP contribution in [0.4, 0.5) is 10.1 Å². The number of benzene rings is 1. The van der Waals surface area contributed by atoms with E-state index in [4.69, 9.17) is 11.5 Å². The van der Waals surface area contributed by atoms with E-state index in [1.807, 2.05) is 0 Å². The summed E-state index contributed by atoms with van der Waals surface area (Å²) in [4.78, 5) is 24.5. The molecular weight excluding hydrogens is 329 g/mol. The Morgan fingerprint density at radius 3 is 2.65 bits per heavy atom. The Morgan fingerprint density at radius 1 is 1.35 bits per heavy atom. The predicted octanol–water partition coefficient (Wildman–Crippen LogP) is 1.39. The van der Waals surface area contributed by atoms with Crippen molar-refractivity contribution in [2.45, 2.75) is 12.8 Å². The standard InChI is InChI=1S/C13H15BrFN3O2/c14-8-4-9(15)11(13(17)20)10(5-8)18-3-1-2-7(6-18)12(16)19/h4-5,7H,1-3,6H2,(H2,16,19)(H2,17,20). The highest BCUT2D eigenvalue weighted by atomic mass is 79.9.